The molecule has 0 bridgehead atoms. The monoisotopic (exact) mass is 555 g/mol. The van der Waals surface area contributed by atoms with Crippen LogP contribution in [0.2, 0.25) is 0 Å². The van der Waals surface area contributed by atoms with Gasteiger partial charge in [-0.05, 0) is 38.5 Å². The molecule has 208 valence electrons. The molecule has 0 saturated heterocycles. The maximum Gasteiger partial charge on any atom is 0.390 e. The number of alkyl halides is 3. The van der Waals surface area contributed by atoms with E-state index >= 15 is 0 Å². The average Bonchev–Trinajstić information content (AvgIpc) is 3.36. The normalized spacial score (nSPS) is 15.2. The summed E-state index contributed by atoms with van der Waals surface area (Å²) in [6.07, 6.45) is -4.66. The molecule has 0 aliphatic carbocycles. The molecular formula is C27H25F4N7O2. The van der Waals surface area contributed by atoms with Gasteiger partial charge in [-0.25, -0.2) is 24.0 Å². The van der Waals surface area contributed by atoms with Gasteiger partial charge < -0.3 is 11.1 Å². The number of anilines is 1. The lowest BCUT2D eigenvalue weighted by molar-refractivity contribution is -0.138. The van der Waals surface area contributed by atoms with Crippen LogP contribution in [0.3, 0.4) is 0 Å². The van der Waals surface area contributed by atoms with Crippen molar-refractivity contribution in [2.75, 3.05) is 5.32 Å². The Hall–Kier alpha value is -4.26. The van der Waals surface area contributed by atoms with Crippen molar-refractivity contribution in [3.05, 3.63) is 65.2 Å². The first-order valence-electron chi connectivity index (χ1n) is 12.5. The molecule has 4 heterocycles. The van der Waals surface area contributed by atoms with Crippen LogP contribution in [0.4, 0.5) is 23.4 Å². The van der Waals surface area contributed by atoms with Crippen LogP contribution in [0.15, 0.2) is 42.6 Å². The highest BCUT2D eigenvalue weighted by Crippen LogP contribution is 2.40. The topological polar surface area (TPSA) is 129 Å². The van der Waals surface area contributed by atoms with E-state index in [2.05, 4.69) is 25.4 Å². The summed E-state index contributed by atoms with van der Waals surface area (Å²) in [6.45, 7) is 3.26. The number of amides is 1. The molecule has 1 aromatic carbocycles. The van der Waals surface area contributed by atoms with Gasteiger partial charge in [-0.1, -0.05) is 18.2 Å². The molecule has 13 heteroatoms. The fourth-order valence-corrected chi connectivity index (χ4v) is 4.74. The predicted octanol–water partition coefficient (Wildman–Crippen LogP) is 4.55. The number of halogens is 4. The molecule has 1 unspecified atom stereocenters. The first-order chi connectivity index (χ1) is 18.8. The van der Waals surface area contributed by atoms with Crippen molar-refractivity contribution in [1.82, 2.24) is 24.7 Å². The van der Waals surface area contributed by atoms with Gasteiger partial charge in [0.1, 0.15) is 23.0 Å². The summed E-state index contributed by atoms with van der Waals surface area (Å²) in [5, 5.41) is 7.78. The Bertz CT molecular complexity index is 1630. The third-order valence-corrected chi connectivity index (χ3v) is 6.83. The number of ketones is 1. The quantitative estimate of drug-likeness (QED) is 0.241. The second kappa shape index (κ2) is 10.0. The van der Waals surface area contributed by atoms with Crippen molar-refractivity contribution >= 4 is 28.5 Å². The van der Waals surface area contributed by atoms with Crippen molar-refractivity contribution in [3.8, 4) is 11.5 Å². The Balaban J connectivity index is 1.58. The number of fused-ring (bicyclic) bond motifs is 2. The second-order valence-corrected chi connectivity index (χ2v) is 10.2. The van der Waals surface area contributed by atoms with Crippen molar-refractivity contribution in [2.45, 2.75) is 57.3 Å². The number of benzene rings is 1. The average molecular weight is 556 g/mol. The van der Waals surface area contributed by atoms with E-state index in [0.29, 0.717) is 16.6 Å². The van der Waals surface area contributed by atoms with E-state index in [1.54, 1.807) is 50.4 Å². The number of hydrogen-bond donors (Lipinski definition) is 2. The summed E-state index contributed by atoms with van der Waals surface area (Å²) in [6, 6.07) is 8.36. The number of rotatable bonds is 8. The summed E-state index contributed by atoms with van der Waals surface area (Å²) in [7, 11) is 0. The first-order valence-corrected chi connectivity index (χ1v) is 12.5. The zero-order valence-corrected chi connectivity index (χ0v) is 21.6. The van der Waals surface area contributed by atoms with Crippen LogP contribution in [0.5, 0.6) is 0 Å². The van der Waals surface area contributed by atoms with Crippen LogP contribution in [0.25, 0.3) is 22.6 Å². The van der Waals surface area contributed by atoms with Gasteiger partial charge in [-0.2, -0.15) is 18.3 Å². The Kier molecular flexibility index (Phi) is 6.86. The molecule has 5 rings (SSSR count). The molecule has 4 aromatic rings. The molecule has 3 aromatic heterocycles. The van der Waals surface area contributed by atoms with Gasteiger partial charge in [-0.3, -0.25) is 9.59 Å². The molecule has 1 amide bonds. The summed E-state index contributed by atoms with van der Waals surface area (Å²) in [5.74, 6) is -1.28. The highest BCUT2D eigenvalue weighted by atomic mass is 19.4. The fraction of sp³-hybridized carbons (Fsp3) is 0.333. The highest BCUT2D eigenvalue weighted by Gasteiger charge is 2.44. The molecular weight excluding hydrogens is 530 g/mol. The third-order valence-electron chi connectivity index (χ3n) is 6.83. The van der Waals surface area contributed by atoms with Crippen LogP contribution >= 0.6 is 0 Å². The molecule has 0 fully saturated rings. The van der Waals surface area contributed by atoms with E-state index < -0.39 is 41.6 Å². The number of Topliss-reactive ketones (excluding diaryl/α,β-unsaturated/α-hetero) is 1. The smallest absolute Gasteiger partial charge is 0.327 e. The van der Waals surface area contributed by atoms with Gasteiger partial charge >= 0.3 is 6.18 Å². The van der Waals surface area contributed by atoms with Crippen LogP contribution in [0, 0.1) is 5.82 Å². The molecule has 1 aliphatic rings. The standard InChI is InChI=1S/C27H25F4N7O2/c1-26(2)19-21(18(39)10-9-15(32)12-27(29,30)31)34-23(35-22(19)36-25(26)40)20-16-7-5-11-33-24(16)38(37-20)13-14-6-3-4-8-17(14)28/h3-8,11,15H,9-10,12-13,32H2,1-2H3,(H,34,35,36,40). The summed E-state index contributed by atoms with van der Waals surface area (Å²) < 4.78 is 54.1. The second-order valence-electron chi connectivity index (χ2n) is 10.2. The summed E-state index contributed by atoms with van der Waals surface area (Å²) in [4.78, 5) is 39.5. The zero-order chi connectivity index (χ0) is 28.8. The van der Waals surface area contributed by atoms with Crippen LogP contribution in [-0.4, -0.2) is 48.6 Å². The predicted molar refractivity (Wildman–Crippen MR) is 138 cm³/mol. The number of aromatic nitrogens is 5. The summed E-state index contributed by atoms with van der Waals surface area (Å²) >= 11 is 0. The maximum atomic E-state index is 14.4. The molecule has 9 nitrogen and oxygen atoms in total. The van der Waals surface area contributed by atoms with E-state index in [-0.39, 0.29) is 48.0 Å². The van der Waals surface area contributed by atoms with E-state index in [0.717, 1.165) is 0 Å². The largest absolute Gasteiger partial charge is 0.390 e. The number of nitrogens with one attached hydrogen (secondary N) is 1. The maximum absolute atomic E-state index is 14.4. The first kappa shape index (κ1) is 27.3. The summed E-state index contributed by atoms with van der Waals surface area (Å²) in [5.41, 5.74) is 5.64. The minimum atomic E-state index is -4.46. The zero-order valence-electron chi connectivity index (χ0n) is 21.6. The van der Waals surface area contributed by atoms with Crippen LogP contribution in [0.1, 0.15) is 54.7 Å². The van der Waals surface area contributed by atoms with Gasteiger partial charge in [0.05, 0.1) is 23.8 Å². The highest BCUT2D eigenvalue weighted by molar-refractivity contribution is 6.09. The fourth-order valence-electron chi connectivity index (χ4n) is 4.74. The van der Waals surface area contributed by atoms with Crippen molar-refractivity contribution in [1.29, 1.82) is 0 Å². The van der Waals surface area contributed by atoms with Crippen LogP contribution in [-0.2, 0) is 16.8 Å². The molecule has 0 spiro atoms. The van der Waals surface area contributed by atoms with E-state index in [9.17, 15) is 27.2 Å². The third kappa shape index (κ3) is 5.16. The minimum Gasteiger partial charge on any atom is -0.327 e. The Morgan fingerprint density at radius 3 is 2.62 bits per heavy atom. The Morgan fingerprint density at radius 2 is 1.90 bits per heavy atom. The minimum absolute atomic E-state index is 0.00461. The van der Waals surface area contributed by atoms with E-state index in [1.807, 2.05) is 0 Å². The number of hydrogen-bond acceptors (Lipinski definition) is 7. The van der Waals surface area contributed by atoms with Gasteiger partial charge in [-0.15, -0.1) is 0 Å². The lowest BCUT2D eigenvalue weighted by Gasteiger charge is -2.18. The van der Waals surface area contributed by atoms with E-state index in [1.165, 1.54) is 10.7 Å². The lowest BCUT2D eigenvalue weighted by atomic mass is 9.84. The Morgan fingerprint density at radius 1 is 1.15 bits per heavy atom. The SMILES string of the molecule is CC1(C)C(=O)Nc2nc(-c3nn(Cc4ccccc4F)c4ncccc34)nc(C(=O)CCC(N)CC(F)(F)F)c21. The number of carbonyl (C=O) groups excluding carboxylic acids is 2. The molecule has 3 N–H and O–H groups in total. The molecule has 40 heavy (non-hydrogen) atoms. The molecule has 0 radical (unpaired) electrons. The van der Waals surface area contributed by atoms with Gasteiger partial charge in [0, 0.05) is 29.8 Å². The van der Waals surface area contributed by atoms with Crippen molar-refractivity contribution in [2.24, 2.45) is 5.73 Å². The number of carbonyl (C=O) groups is 2. The molecule has 1 atom stereocenters. The number of nitrogens with zero attached hydrogens (tertiary/aromatic N) is 5. The Labute approximate surface area is 225 Å². The van der Waals surface area contributed by atoms with Gasteiger partial charge in [0.25, 0.3) is 0 Å². The van der Waals surface area contributed by atoms with Crippen molar-refractivity contribution in [3.63, 3.8) is 0 Å². The lowest BCUT2D eigenvalue weighted by Crippen LogP contribution is -2.30. The van der Waals surface area contributed by atoms with Crippen LogP contribution < -0.4 is 11.1 Å². The molecule has 1 aliphatic heterocycles. The van der Waals surface area contributed by atoms with Gasteiger partial charge in [0.2, 0.25) is 5.91 Å². The van der Waals surface area contributed by atoms with E-state index in [4.69, 9.17) is 5.73 Å². The molecule has 0 saturated carbocycles. The number of pyridine rings is 1. The number of nitrogens with two attached hydrogens (primary N) is 1. The van der Waals surface area contributed by atoms with Crippen molar-refractivity contribution < 1.29 is 27.2 Å². The van der Waals surface area contributed by atoms with Gasteiger partial charge in [0.15, 0.2) is 17.3 Å².